The molecule has 0 atom stereocenters. The third-order valence-corrected chi connectivity index (χ3v) is 6.95. The number of aryl methyl sites for hydroxylation is 1. The fourth-order valence-electron chi connectivity index (χ4n) is 4.02. The van der Waals surface area contributed by atoms with Gasteiger partial charge in [-0.25, -0.2) is 9.37 Å². The molecular weight excluding hydrogens is 471 g/mol. The van der Waals surface area contributed by atoms with Crippen molar-refractivity contribution in [2.75, 3.05) is 0 Å². The van der Waals surface area contributed by atoms with Gasteiger partial charge in [-0.2, -0.15) is 0 Å². The molecule has 1 amide bonds. The van der Waals surface area contributed by atoms with Crippen LogP contribution in [0.2, 0.25) is 0 Å². The normalized spacial score (nSPS) is 11.1. The Morgan fingerprint density at radius 2 is 1.83 bits per heavy atom. The number of aromatic nitrogens is 3. The smallest absolute Gasteiger partial charge is 0.251 e. The maximum atomic E-state index is 14.1. The number of halogens is 1. The molecule has 36 heavy (non-hydrogen) atoms. The van der Waals surface area contributed by atoms with Gasteiger partial charge < -0.3 is 9.88 Å². The number of nitrogens with one attached hydrogen (secondary N) is 1. The van der Waals surface area contributed by atoms with Crippen molar-refractivity contribution in [3.05, 3.63) is 125 Å². The standard InChI is InChI=1S/C29H25FN4OS/c1-20-5-4-6-22(15-20)16-32-28(35)23-11-9-21(10-12-23)18-34-27-17-31-14-13-26(27)33-29(34)36-19-24-7-2-3-8-25(24)30/h2-15,17H,16,18-19H2,1H3,(H,32,35). The fourth-order valence-corrected chi connectivity index (χ4v) is 5.02. The summed E-state index contributed by atoms with van der Waals surface area (Å²) in [5.41, 5.74) is 6.27. The first-order valence-electron chi connectivity index (χ1n) is 11.7. The van der Waals surface area contributed by atoms with Crippen LogP contribution in [0, 0.1) is 12.7 Å². The van der Waals surface area contributed by atoms with Crippen molar-refractivity contribution in [1.82, 2.24) is 19.9 Å². The Morgan fingerprint density at radius 1 is 1.00 bits per heavy atom. The summed E-state index contributed by atoms with van der Waals surface area (Å²) in [5, 5.41) is 3.77. The number of amides is 1. The van der Waals surface area contributed by atoms with Gasteiger partial charge in [-0.05, 0) is 47.9 Å². The highest BCUT2D eigenvalue weighted by atomic mass is 32.2. The van der Waals surface area contributed by atoms with E-state index in [1.54, 1.807) is 24.5 Å². The van der Waals surface area contributed by atoms with Crippen molar-refractivity contribution < 1.29 is 9.18 Å². The van der Waals surface area contributed by atoms with Crippen LogP contribution in [0.25, 0.3) is 11.0 Å². The van der Waals surface area contributed by atoms with Crippen molar-refractivity contribution in [3.8, 4) is 0 Å². The Kier molecular flexibility index (Phi) is 7.09. The van der Waals surface area contributed by atoms with Gasteiger partial charge in [-0.3, -0.25) is 9.78 Å². The number of carbonyl (C=O) groups excluding carboxylic acids is 1. The Morgan fingerprint density at radius 3 is 2.64 bits per heavy atom. The Hall–Kier alpha value is -3.97. The van der Waals surface area contributed by atoms with Gasteiger partial charge in [0.15, 0.2) is 5.16 Å². The van der Waals surface area contributed by atoms with E-state index in [4.69, 9.17) is 4.98 Å². The summed E-state index contributed by atoms with van der Waals surface area (Å²) in [4.78, 5) is 21.7. The number of fused-ring (bicyclic) bond motifs is 1. The average Bonchev–Trinajstić information content (AvgIpc) is 3.24. The molecular formula is C29H25FN4OS. The molecule has 0 bridgehead atoms. The number of rotatable bonds is 8. The summed E-state index contributed by atoms with van der Waals surface area (Å²) < 4.78 is 16.2. The molecule has 5 nitrogen and oxygen atoms in total. The van der Waals surface area contributed by atoms with E-state index in [1.165, 1.54) is 23.4 Å². The quantitative estimate of drug-likeness (QED) is 0.262. The molecule has 2 heterocycles. The Balaban J connectivity index is 1.31. The molecule has 1 N–H and O–H groups in total. The highest BCUT2D eigenvalue weighted by Gasteiger charge is 2.14. The minimum absolute atomic E-state index is 0.110. The molecule has 0 radical (unpaired) electrons. The molecule has 0 aliphatic rings. The topological polar surface area (TPSA) is 59.8 Å². The number of pyridine rings is 1. The van der Waals surface area contributed by atoms with E-state index < -0.39 is 0 Å². The number of nitrogens with zero attached hydrogens (tertiary/aromatic N) is 3. The van der Waals surface area contributed by atoms with Gasteiger partial charge in [0.1, 0.15) is 5.82 Å². The Bertz CT molecular complexity index is 1510. The van der Waals surface area contributed by atoms with Gasteiger partial charge in [-0.1, -0.05) is 71.9 Å². The van der Waals surface area contributed by atoms with E-state index in [0.29, 0.717) is 30.0 Å². The number of benzene rings is 3. The van der Waals surface area contributed by atoms with Crippen molar-refractivity contribution in [1.29, 1.82) is 0 Å². The zero-order chi connectivity index (χ0) is 24.9. The maximum Gasteiger partial charge on any atom is 0.251 e. The second-order valence-electron chi connectivity index (χ2n) is 8.59. The highest BCUT2D eigenvalue weighted by Crippen LogP contribution is 2.28. The van der Waals surface area contributed by atoms with Gasteiger partial charge in [0.05, 0.1) is 23.8 Å². The summed E-state index contributed by atoms with van der Waals surface area (Å²) in [6.07, 6.45) is 3.51. The van der Waals surface area contributed by atoms with Crippen LogP contribution in [0.1, 0.15) is 32.6 Å². The van der Waals surface area contributed by atoms with E-state index in [-0.39, 0.29) is 11.7 Å². The monoisotopic (exact) mass is 496 g/mol. The van der Waals surface area contributed by atoms with Crippen molar-refractivity contribution in [2.24, 2.45) is 0 Å². The lowest BCUT2D eigenvalue weighted by Crippen LogP contribution is -2.22. The van der Waals surface area contributed by atoms with Crippen LogP contribution in [0.4, 0.5) is 4.39 Å². The predicted molar refractivity (Wildman–Crippen MR) is 141 cm³/mol. The minimum atomic E-state index is -0.217. The summed E-state index contributed by atoms with van der Waals surface area (Å²) in [6.45, 7) is 3.08. The average molecular weight is 497 g/mol. The largest absolute Gasteiger partial charge is 0.348 e. The van der Waals surface area contributed by atoms with Crippen LogP contribution in [0.5, 0.6) is 0 Å². The molecule has 0 aliphatic heterocycles. The van der Waals surface area contributed by atoms with Crippen LogP contribution in [0.3, 0.4) is 0 Å². The number of hydrogen-bond acceptors (Lipinski definition) is 4. The summed E-state index contributed by atoms with van der Waals surface area (Å²) >= 11 is 1.49. The Labute approximate surface area is 213 Å². The third kappa shape index (κ3) is 5.47. The lowest BCUT2D eigenvalue weighted by molar-refractivity contribution is 0.0951. The SMILES string of the molecule is Cc1cccc(CNC(=O)c2ccc(Cn3c(SCc4ccccc4F)nc4ccncc43)cc2)c1. The summed E-state index contributed by atoms with van der Waals surface area (Å²) in [6, 6.07) is 24.3. The maximum absolute atomic E-state index is 14.1. The molecule has 2 aromatic heterocycles. The second-order valence-corrected chi connectivity index (χ2v) is 9.54. The highest BCUT2D eigenvalue weighted by molar-refractivity contribution is 7.98. The predicted octanol–water partition coefficient (Wildman–Crippen LogP) is 6.15. The van der Waals surface area contributed by atoms with Crippen LogP contribution in [0.15, 0.2) is 96.4 Å². The number of hydrogen-bond donors (Lipinski definition) is 1. The molecule has 5 aromatic rings. The van der Waals surface area contributed by atoms with Gasteiger partial charge in [-0.15, -0.1) is 0 Å². The lowest BCUT2D eigenvalue weighted by atomic mass is 10.1. The molecule has 0 spiro atoms. The molecule has 3 aromatic carbocycles. The molecule has 0 unspecified atom stereocenters. The molecule has 180 valence electrons. The van der Waals surface area contributed by atoms with Crippen molar-refractivity contribution in [2.45, 2.75) is 30.9 Å². The van der Waals surface area contributed by atoms with Crippen molar-refractivity contribution >= 4 is 28.7 Å². The number of thioether (sulfide) groups is 1. The van der Waals surface area contributed by atoms with Crippen LogP contribution >= 0.6 is 11.8 Å². The first-order chi connectivity index (χ1) is 17.6. The van der Waals surface area contributed by atoms with E-state index in [2.05, 4.69) is 20.9 Å². The third-order valence-electron chi connectivity index (χ3n) is 5.92. The zero-order valence-corrected chi connectivity index (χ0v) is 20.6. The van der Waals surface area contributed by atoms with E-state index in [9.17, 15) is 9.18 Å². The molecule has 5 rings (SSSR count). The molecule has 0 saturated carbocycles. The van der Waals surface area contributed by atoms with Crippen LogP contribution < -0.4 is 5.32 Å². The molecule has 7 heteroatoms. The van der Waals surface area contributed by atoms with Crippen LogP contribution in [-0.4, -0.2) is 20.4 Å². The van der Waals surface area contributed by atoms with Gasteiger partial charge >= 0.3 is 0 Å². The van der Waals surface area contributed by atoms with Gasteiger partial charge in [0.2, 0.25) is 0 Å². The number of carbonyl (C=O) groups is 1. The zero-order valence-electron chi connectivity index (χ0n) is 19.8. The van der Waals surface area contributed by atoms with Gasteiger partial charge in [0, 0.05) is 24.1 Å². The van der Waals surface area contributed by atoms with E-state index in [0.717, 1.165) is 27.3 Å². The van der Waals surface area contributed by atoms with Crippen molar-refractivity contribution in [3.63, 3.8) is 0 Å². The summed E-state index contributed by atoms with van der Waals surface area (Å²) in [7, 11) is 0. The molecule has 0 fully saturated rings. The lowest BCUT2D eigenvalue weighted by Gasteiger charge is -2.11. The first kappa shape index (κ1) is 23.8. The fraction of sp³-hybridized carbons (Fsp3) is 0.138. The first-order valence-corrected chi connectivity index (χ1v) is 12.6. The molecule has 0 saturated heterocycles. The second kappa shape index (κ2) is 10.7. The minimum Gasteiger partial charge on any atom is -0.348 e. The summed E-state index contributed by atoms with van der Waals surface area (Å²) in [5.74, 6) is 0.149. The molecule has 0 aliphatic carbocycles. The van der Waals surface area contributed by atoms with Gasteiger partial charge in [0.25, 0.3) is 5.91 Å². The van der Waals surface area contributed by atoms with E-state index in [1.807, 2.05) is 61.5 Å². The van der Waals surface area contributed by atoms with E-state index >= 15 is 0 Å². The number of imidazole rings is 1. The van der Waals surface area contributed by atoms with Crippen LogP contribution in [-0.2, 0) is 18.8 Å².